The van der Waals surface area contributed by atoms with Crippen LogP contribution in [0.1, 0.15) is 22.5 Å². The van der Waals surface area contributed by atoms with Crippen molar-refractivity contribution >= 4 is 11.8 Å². The molecule has 27 heavy (non-hydrogen) atoms. The SMILES string of the molecule is Cc1ccc(-c2nc(CSc3nnnn3-c3ccc(C)c(C)c3)no2)cc1. The molecule has 2 heterocycles. The second-order valence-electron chi connectivity index (χ2n) is 6.31. The second-order valence-corrected chi connectivity index (χ2v) is 7.25. The molecule has 2 aromatic heterocycles. The predicted molar refractivity (Wildman–Crippen MR) is 103 cm³/mol. The van der Waals surface area contributed by atoms with Crippen LogP contribution in [-0.2, 0) is 5.75 Å². The highest BCUT2D eigenvalue weighted by Gasteiger charge is 2.13. The molecule has 0 amide bonds. The maximum Gasteiger partial charge on any atom is 0.257 e. The molecule has 0 aliphatic rings. The van der Waals surface area contributed by atoms with Crippen LogP contribution < -0.4 is 0 Å². The van der Waals surface area contributed by atoms with Gasteiger partial charge in [-0.2, -0.15) is 9.67 Å². The van der Waals surface area contributed by atoms with Gasteiger partial charge in [0.05, 0.1) is 11.4 Å². The summed E-state index contributed by atoms with van der Waals surface area (Å²) < 4.78 is 7.09. The Morgan fingerprint density at radius 1 is 1.00 bits per heavy atom. The van der Waals surface area contributed by atoms with Crippen molar-refractivity contribution in [1.82, 2.24) is 30.3 Å². The van der Waals surface area contributed by atoms with E-state index in [-0.39, 0.29) is 0 Å². The fourth-order valence-electron chi connectivity index (χ4n) is 2.54. The Morgan fingerprint density at radius 3 is 2.59 bits per heavy atom. The molecular weight excluding hydrogens is 360 g/mol. The fraction of sp³-hybridized carbons (Fsp3) is 0.211. The average molecular weight is 378 g/mol. The summed E-state index contributed by atoms with van der Waals surface area (Å²) in [6, 6.07) is 14.1. The minimum atomic E-state index is 0.513. The molecule has 0 fully saturated rings. The zero-order chi connectivity index (χ0) is 18.8. The highest BCUT2D eigenvalue weighted by Crippen LogP contribution is 2.24. The molecule has 0 saturated carbocycles. The van der Waals surface area contributed by atoms with Crippen LogP contribution in [0, 0.1) is 20.8 Å². The Balaban J connectivity index is 1.49. The van der Waals surface area contributed by atoms with E-state index >= 15 is 0 Å². The number of aromatic nitrogens is 6. The zero-order valence-electron chi connectivity index (χ0n) is 15.2. The second kappa shape index (κ2) is 7.32. The Morgan fingerprint density at radius 2 is 1.81 bits per heavy atom. The van der Waals surface area contributed by atoms with Gasteiger partial charge in [0.1, 0.15) is 0 Å². The van der Waals surface area contributed by atoms with Crippen molar-refractivity contribution < 1.29 is 4.52 Å². The van der Waals surface area contributed by atoms with E-state index in [0.29, 0.717) is 22.6 Å². The summed E-state index contributed by atoms with van der Waals surface area (Å²) in [6.07, 6.45) is 0. The first-order chi connectivity index (χ1) is 13.1. The van der Waals surface area contributed by atoms with Crippen molar-refractivity contribution in [2.75, 3.05) is 0 Å². The molecule has 0 aliphatic heterocycles. The molecule has 4 rings (SSSR count). The van der Waals surface area contributed by atoms with Gasteiger partial charge >= 0.3 is 0 Å². The summed E-state index contributed by atoms with van der Waals surface area (Å²) in [5.41, 5.74) is 5.45. The average Bonchev–Trinajstić information content (AvgIpc) is 3.32. The predicted octanol–water partition coefficient (Wildman–Crippen LogP) is 3.93. The van der Waals surface area contributed by atoms with Crippen molar-refractivity contribution in [2.45, 2.75) is 31.7 Å². The van der Waals surface area contributed by atoms with Crippen LogP contribution in [0.4, 0.5) is 0 Å². The molecule has 0 aliphatic carbocycles. The van der Waals surface area contributed by atoms with Gasteiger partial charge in [-0.1, -0.05) is 40.7 Å². The lowest BCUT2D eigenvalue weighted by atomic mass is 10.1. The lowest BCUT2D eigenvalue weighted by molar-refractivity contribution is 0.425. The molecule has 0 saturated heterocycles. The van der Waals surface area contributed by atoms with E-state index in [1.54, 1.807) is 4.68 Å². The molecule has 0 spiro atoms. The van der Waals surface area contributed by atoms with Gasteiger partial charge in [0.2, 0.25) is 5.16 Å². The van der Waals surface area contributed by atoms with Gasteiger partial charge in [-0.25, -0.2) is 0 Å². The summed E-state index contributed by atoms with van der Waals surface area (Å²) in [5.74, 6) is 1.63. The third-order valence-electron chi connectivity index (χ3n) is 4.27. The number of nitrogens with zero attached hydrogens (tertiary/aromatic N) is 6. The summed E-state index contributed by atoms with van der Waals surface area (Å²) in [5, 5.41) is 16.8. The molecule has 7 nitrogen and oxygen atoms in total. The molecule has 0 unspecified atom stereocenters. The number of aryl methyl sites for hydroxylation is 3. The van der Waals surface area contributed by atoms with E-state index in [2.05, 4.69) is 51.6 Å². The minimum Gasteiger partial charge on any atom is -0.334 e. The van der Waals surface area contributed by atoms with Gasteiger partial charge in [-0.05, 0) is 66.6 Å². The Bertz CT molecular complexity index is 1070. The van der Waals surface area contributed by atoms with E-state index in [1.807, 2.05) is 37.3 Å². The van der Waals surface area contributed by atoms with E-state index in [1.165, 1.54) is 28.5 Å². The molecule has 2 aromatic carbocycles. The first-order valence-corrected chi connectivity index (χ1v) is 9.47. The van der Waals surface area contributed by atoms with Gasteiger partial charge in [0.25, 0.3) is 5.89 Å². The topological polar surface area (TPSA) is 82.5 Å². The number of thioether (sulfide) groups is 1. The molecule has 0 atom stereocenters. The first-order valence-electron chi connectivity index (χ1n) is 8.48. The van der Waals surface area contributed by atoms with Crippen LogP contribution in [0.15, 0.2) is 52.1 Å². The van der Waals surface area contributed by atoms with Gasteiger partial charge in [-0.3, -0.25) is 0 Å². The minimum absolute atomic E-state index is 0.513. The fourth-order valence-corrected chi connectivity index (χ4v) is 3.28. The normalized spacial score (nSPS) is 11.1. The van der Waals surface area contributed by atoms with Crippen LogP contribution >= 0.6 is 11.8 Å². The summed E-state index contributed by atoms with van der Waals surface area (Å²) in [4.78, 5) is 4.46. The van der Waals surface area contributed by atoms with Gasteiger partial charge < -0.3 is 4.52 Å². The van der Waals surface area contributed by atoms with Gasteiger partial charge in [-0.15, -0.1) is 5.10 Å². The Labute approximate surface area is 160 Å². The van der Waals surface area contributed by atoms with Gasteiger partial charge in [0.15, 0.2) is 5.82 Å². The summed E-state index contributed by atoms with van der Waals surface area (Å²) >= 11 is 1.46. The monoisotopic (exact) mass is 378 g/mol. The third-order valence-corrected chi connectivity index (χ3v) is 5.19. The van der Waals surface area contributed by atoms with Crippen molar-refractivity contribution in [3.63, 3.8) is 0 Å². The largest absolute Gasteiger partial charge is 0.334 e. The van der Waals surface area contributed by atoms with E-state index in [4.69, 9.17) is 4.52 Å². The molecule has 0 radical (unpaired) electrons. The number of hydrogen-bond acceptors (Lipinski definition) is 7. The number of benzene rings is 2. The summed E-state index contributed by atoms with van der Waals surface area (Å²) in [7, 11) is 0. The van der Waals surface area contributed by atoms with E-state index in [0.717, 1.165) is 11.3 Å². The standard InChI is InChI=1S/C19H18N6OS/c1-12-4-7-15(8-5-12)18-20-17(22-26-18)11-27-19-21-23-24-25(19)16-9-6-13(2)14(3)10-16/h4-10H,11H2,1-3H3. The van der Waals surface area contributed by atoms with Crippen LogP contribution in [-0.4, -0.2) is 30.3 Å². The highest BCUT2D eigenvalue weighted by molar-refractivity contribution is 7.98. The molecular formula is C19H18N6OS. The first kappa shape index (κ1) is 17.4. The van der Waals surface area contributed by atoms with Crippen LogP contribution in [0.25, 0.3) is 17.1 Å². The zero-order valence-corrected chi connectivity index (χ0v) is 16.1. The van der Waals surface area contributed by atoms with Crippen LogP contribution in [0.3, 0.4) is 0 Å². The Hall–Kier alpha value is -3.00. The lowest BCUT2D eigenvalue weighted by Crippen LogP contribution is -2.00. The number of rotatable bonds is 5. The highest BCUT2D eigenvalue weighted by atomic mass is 32.2. The summed E-state index contributed by atoms with van der Waals surface area (Å²) in [6.45, 7) is 6.19. The number of hydrogen-bond donors (Lipinski definition) is 0. The smallest absolute Gasteiger partial charge is 0.257 e. The van der Waals surface area contributed by atoms with Crippen molar-refractivity contribution in [1.29, 1.82) is 0 Å². The van der Waals surface area contributed by atoms with E-state index < -0.39 is 0 Å². The van der Waals surface area contributed by atoms with Crippen LogP contribution in [0.2, 0.25) is 0 Å². The molecule has 8 heteroatoms. The van der Waals surface area contributed by atoms with Gasteiger partial charge in [0, 0.05) is 5.56 Å². The van der Waals surface area contributed by atoms with Crippen molar-refractivity contribution in [3.05, 3.63) is 65.0 Å². The van der Waals surface area contributed by atoms with Crippen molar-refractivity contribution in [3.8, 4) is 17.1 Å². The maximum absolute atomic E-state index is 5.37. The molecule has 0 N–H and O–H groups in total. The molecule has 0 bridgehead atoms. The maximum atomic E-state index is 5.37. The molecule has 136 valence electrons. The van der Waals surface area contributed by atoms with Crippen molar-refractivity contribution in [2.24, 2.45) is 0 Å². The van der Waals surface area contributed by atoms with E-state index in [9.17, 15) is 0 Å². The molecule has 4 aromatic rings. The lowest BCUT2D eigenvalue weighted by Gasteiger charge is -2.06. The third kappa shape index (κ3) is 3.75. The van der Waals surface area contributed by atoms with Crippen LogP contribution in [0.5, 0.6) is 0 Å². The number of tetrazole rings is 1. The Kier molecular flexibility index (Phi) is 4.72. The quantitative estimate of drug-likeness (QED) is 0.487.